The first-order valence-corrected chi connectivity index (χ1v) is 13.4. The summed E-state index contributed by atoms with van der Waals surface area (Å²) in [7, 11) is -0.419. The van der Waals surface area contributed by atoms with Crippen LogP contribution in [0.4, 0.5) is 0 Å². The van der Waals surface area contributed by atoms with E-state index in [1.54, 1.807) is 41.6 Å². The molecule has 0 atom stereocenters. The van der Waals surface area contributed by atoms with E-state index in [1.807, 2.05) is 6.07 Å². The Kier molecular flexibility index (Phi) is 5.28. The van der Waals surface area contributed by atoms with Gasteiger partial charge in [-0.2, -0.15) is 0 Å². The Morgan fingerprint density at radius 1 is 1.23 bits per heavy atom. The summed E-state index contributed by atoms with van der Waals surface area (Å²) in [6.07, 6.45) is 5.11. The van der Waals surface area contributed by atoms with Crippen molar-refractivity contribution >= 4 is 54.4 Å². The number of thioether (sulfide) groups is 1. The van der Waals surface area contributed by atoms with Crippen LogP contribution in [0.1, 0.15) is 29.6 Å². The van der Waals surface area contributed by atoms with Crippen molar-refractivity contribution in [3.63, 3.8) is 0 Å². The fourth-order valence-corrected chi connectivity index (χ4v) is 7.32. The number of thiophene rings is 1. The molecule has 31 heavy (non-hydrogen) atoms. The van der Waals surface area contributed by atoms with Crippen molar-refractivity contribution < 1.29 is 8.42 Å². The highest BCUT2D eigenvalue weighted by atomic mass is 32.2. The van der Waals surface area contributed by atoms with E-state index in [0.29, 0.717) is 11.3 Å². The lowest BCUT2D eigenvalue weighted by molar-refractivity contribution is 0.521. The third-order valence-corrected chi connectivity index (χ3v) is 9.69. The summed E-state index contributed by atoms with van der Waals surface area (Å²) < 4.78 is 28.4. The number of sulfonamides is 1. The first-order valence-electron chi connectivity index (χ1n) is 10.2. The van der Waals surface area contributed by atoms with Crippen LogP contribution in [0, 0.1) is 0 Å². The van der Waals surface area contributed by atoms with Crippen molar-refractivity contribution in [2.24, 2.45) is 0 Å². The number of hydrogen-bond donors (Lipinski definition) is 0. The van der Waals surface area contributed by atoms with Gasteiger partial charge in [-0.05, 0) is 49.9 Å². The minimum Gasteiger partial charge on any atom is -0.328 e. The third-order valence-electron chi connectivity index (χ3n) is 5.70. The summed E-state index contributed by atoms with van der Waals surface area (Å²) in [5.41, 5.74) is 3.07. The molecule has 3 aromatic heterocycles. The molecular weight excluding hydrogens is 450 g/mol. The molecule has 0 radical (unpaired) electrons. The third kappa shape index (κ3) is 3.45. The monoisotopic (exact) mass is 473 g/mol. The Balaban J connectivity index is 1.51. The molecule has 0 saturated heterocycles. The van der Waals surface area contributed by atoms with Crippen molar-refractivity contribution in [3.05, 3.63) is 40.8 Å². The van der Waals surface area contributed by atoms with Crippen LogP contribution in [0.3, 0.4) is 0 Å². The molecule has 10 heteroatoms. The summed E-state index contributed by atoms with van der Waals surface area (Å²) in [5.74, 6) is 1.58. The standard InChI is InChI=1S/C21H23N5O2S3/c1-4-26-16-9-8-13(31(27,28)25(2)3)10-15(16)24-18(26)11-29-20-19-14-6-5-7-17(14)30-21(19)23-12-22-20/h8-10,12H,4-7,11H2,1-3H3. The van der Waals surface area contributed by atoms with E-state index in [-0.39, 0.29) is 4.90 Å². The molecular formula is C21H23N5O2S3. The number of benzene rings is 1. The molecule has 0 saturated carbocycles. The molecule has 1 aliphatic carbocycles. The van der Waals surface area contributed by atoms with E-state index in [9.17, 15) is 8.42 Å². The molecule has 0 bridgehead atoms. The summed E-state index contributed by atoms with van der Waals surface area (Å²) in [4.78, 5) is 16.6. The fourth-order valence-electron chi connectivity index (χ4n) is 4.14. The molecule has 3 heterocycles. The lowest BCUT2D eigenvalue weighted by Crippen LogP contribution is -2.22. The number of hydrogen-bond acceptors (Lipinski definition) is 7. The van der Waals surface area contributed by atoms with Gasteiger partial charge in [-0.1, -0.05) is 11.8 Å². The maximum Gasteiger partial charge on any atom is 0.242 e. The highest BCUT2D eigenvalue weighted by molar-refractivity contribution is 7.98. The second kappa shape index (κ2) is 7.84. The van der Waals surface area contributed by atoms with Crippen LogP contribution in [0.2, 0.25) is 0 Å². The number of rotatable bonds is 6. The molecule has 0 fully saturated rings. The summed E-state index contributed by atoms with van der Waals surface area (Å²) >= 11 is 3.47. The van der Waals surface area contributed by atoms with Gasteiger partial charge in [0.1, 0.15) is 22.0 Å². The summed E-state index contributed by atoms with van der Waals surface area (Å²) in [5, 5.41) is 2.22. The Labute approximate surface area is 189 Å². The maximum atomic E-state index is 12.5. The minimum atomic E-state index is -3.49. The zero-order chi connectivity index (χ0) is 21.8. The zero-order valence-corrected chi connectivity index (χ0v) is 20.1. The fraction of sp³-hybridized carbons (Fsp3) is 0.381. The van der Waals surface area contributed by atoms with E-state index in [2.05, 4.69) is 21.5 Å². The predicted octanol–water partition coefficient (Wildman–Crippen LogP) is 4.09. The Morgan fingerprint density at radius 3 is 2.84 bits per heavy atom. The maximum absolute atomic E-state index is 12.5. The topological polar surface area (TPSA) is 81.0 Å². The molecule has 0 N–H and O–H groups in total. The van der Waals surface area contributed by atoms with Crippen molar-refractivity contribution in [1.82, 2.24) is 23.8 Å². The van der Waals surface area contributed by atoms with Gasteiger partial charge in [-0.3, -0.25) is 0 Å². The average molecular weight is 474 g/mol. The first-order chi connectivity index (χ1) is 14.9. The predicted molar refractivity (Wildman–Crippen MR) is 125 cm³/mol. The molecule has 7 nitrogen and oxygen atoms in total. The number of nitrogens with zero attached hydrogens (tertiary/aromatic N) is 5. The average Bonchev–Trinajstić information content (AvgIpc) is 3.43. The summed E-state index contributed by atoms with van der Waals surface area (Å²) in [6.45, 7) is 2.84. The Bertz CT molecular complexity index is 1410. The van der Waals surface area contributed by atoms with Gasteiger partial charge in [-0.25, -0.2) is 27.7 Å². The highest BCUT2D eigenvalue weighted by Gasteiger charge is 2.22. The van der Waals surface area contributed by atoms with Gasteiger partial charge in [0.15, 0.2) is 0 Å². The molecule has 1 aliphatic rings. The van der Waals surface area contributed by atoms with E-state index in [1.165, 1.54) is 40.6 Å². The van der Waals surface area contributed by atoms with Crippen LogP contribution in [0.15, 0.2) is 34.4 Å². The molecule has 4 aromatic rings. The molecule has 0 aliphatic heterocycles. The molecule has 5 rings (SSSR count). The van der Waals surface area contributed by atoms with E-state index in [4.69, 9.17) is 4.98 Å². The van der Waals surface area contributed by atoms with Gasteiger partial charge < -0.3 is 4.57 Å². The first kappa shape index (κ1) is 20.9. The van der Waals surface area contributed by atoms with Crippen molar-refractivity contribution in [2.75, 3.05) is 14.1 Å². The Morgan fingerprint density at radius 2 is 2.06 bits per heavy atom. The second-order valence-electron chi connectivity index (χ2n) is 7.72. The van der Waals surface area contributed by atoms with Crippen molar-refractivity contribution in [3.8, 4) is 0 Å². The second-order valence-corrected chi connectivity index (χ2v) is 11.9. The molecule has 0 amide bonds. The van der Waals surface area contributed by atoms with Crippen LogP contribution >= 0.6 is 23.1 Å². The smallest absolute Gasteiger partial charge is 0.242 e. The van der Waals surface area contributed by atoms with Crippen LogP contribution in [0.5, 0.6) is 0 Å². The van der Waals surface area contributed by atoms with Crippen LogP contribution < -0.4 is 0 Å². The molecule has 0 spiro atoms. The number of imidazole rings is 1. The quantitative estimate of drug-likeness (QED) is 0.310. The van der Waals surface area contributed by atoms with Gasteiger partial charge in [-0.15, -0.1) is 11.3 Å². The number of aromatic nitrogens is 4. The van der Waals surface area contributed by atoms with Gasteiger partial charge >= 0.3 is 0 Å². The Hall–Kier alpha value is -2.01. The van der Waals surface area contributed by atoms with Gasteiger partial charge in [0.2, 0.25) is 10.0 Å². The zero-order valence-electron chi connectivity index (χ0n) is 17.6. The molecule has 162 valence electrons. The van der Waals surface area contributed by atoms with E-state index in [0.717, 1.165) is 40.6 Å². The summed E-state index contributed by atoms with van der Waals surface area (Å²) in [6, 6.07) is 5.18. The SMILES string of the molecule is CCn1c(CSc2ncnc3sc4c(c23)CCC4)nc2cc(S(=O)(=O)N(C)C)ccc21. The number of fused-ring (bicyclic) bond motifs is 4. The highest BCUT2D eigenvalue weighted by Crippen LogP contribution is 2.40. The van der Waals surface area contributed by atoms with Gasteiger partial charge in [0.05, 0.1) is 21.7 Å². The lowest BCUT2D eigenvalue weighted by atomic mass is 10.2. The minimum absolute atomic E-state index is 0.260. The van der Waals surface area contributed by atoms with Crippen molar-refractivity contribution in [1.29, 1.82) is 0 Å². The van der Waals surface area contributed by atoms with Crippen LogP contribution in [-0.4, -0.2) is 46.3 Å². The largest absolute Gasteiger partial charge is 0.328 e. The van der Waals surface area contributed by atoms with Gasteiger partial charge in [0, 0.05) is 30.9 Å². The van der Waals surface area contributed by atoms with Crippen LogP contribution in [0.25, 0.3) is 21.3 Å². The van der Waals surface area contributed by atoms with E-state index < -0.39 is 10.0 Å². The van der Waals surface area contributed by atoms with Crippen LogP contribution in [-0.2, 0) is 35.2 Å². The molecule has 1 aromatic carbocycles. The van der Waals surface area contributed by atoms with Gasteiger partial charge in [0.25, 0.3) is 0 Å². The van der Waals surface area contributed by atoms with E-state index >= 15 is 0 Å². The molecule has 0 unspecified atom stereocenters. The lowest BCUT2D eigenvalue weighted by Gasteiger charge is -2.11. The number of aryl methyl sites for hydroxylation is 3. The normalized spacial score (nSPS) is 14.2. The van der Waals surface area contributed by atoms with Crippen molar-refractivity contribution in [2.45, 2.75) is 48.4 Å².